The van der Waals surface area contributed by atoms with Crippen LogP contribution in [-0.4, -0.2) is 24.0 Å². The molecule has 0 rings (SSSR count). The molecule has 0 aliphatic carbocycles. The number of nitrogens with two attached hydrogens (primary N) is 1. The zero-order valence-electron chi connectivity index (χ0n) is 13.5. The van der Waals surface area contributed by atoms with Crippen LogP contribution in [0, 0.1) is 11.8 Å². The fourth-order valence-corrected chi connectivity index (χ4v) is 1.73. The van der Waals surface area contributed by atoms with Gasteiger partial charge in [-0.3, -0.25) is 0 Å². The maximum atomic E-state index is 6.08. The molecule has 0 aromatic heterocycles. The first kappa shape index (κ1) is 17.9. The Bertz CT molecular complexity index is 212. The molecule has 0 radical (unpaired) electrons. The quantitative estimate of drug-likeness (QED) is 0.742. The van der Waals surface area contributed by atoms with E-state index in [1.54, 1.807) is 0 Å². The van der Waals surface area contributed by atoms with Crippen LogP contribution >= 0.6 is 0 Å². The second kappa shape index (κ2) is 6.88. The van der Waals surface area contributed by atoms with E-state index in [4.69, 9.17) is 15.2 Å². The maximum Gasteiger partial charge on any atom is 0.161 e. The topological polar surface area (TPSA) is 44.5 Å². The average molecular weight is 259 g/mol. The molecular weight excluding hydrogens is 226 g/mol. The van der Waals surface area contributed by atoms with E-state index in [0.717, 1.165) is 6.42 Å². The first-order valence-electron chi connectivity index (χ1n) is 7.02. The summed E-state index contributed by atoms with van der Waals surface area (Å²) in [5.41, 5.74) is 5.24. The predicted molar refractivity (Wildman–Crippen MR) is 77.5 cm³/mol. The fourth-order valence-electron chi connectivity index (χ4n) is 1.73. The van der Waals surface area contributed by atoms with Crippen molar-refractivity contribution >= 4 is 0 Å². The van der Waals surface area contributed by atoms with E-state index in [1.807, 2.05) is 0 Å². The molecule has 0 aliphatic rings. The standard InChI is InChI=1S/C15H33NO2/c1-11(9-10-16)12(2)13(17-14(3,4)5)18-15(6,7)8/h11-13H,9-10,16H2,1-8H3. The Hall–Kier alpha value is -0.120. The lowest BCUT2D eigenvalue weighted by Gasteiger charge is -2.37. The predicted octanol–water partition coefficient (Wildman–Crippen LogP) is 3.56. The van der Waals surface area contributed by atoms with E-state index < -0.39 is 0 Å². The molecule has 3 nitrogen and oxygen atoms in total. The highest BCUT2D eigenvalue weighted by Crippen LogP contribution is 2.28. The van der Waals surface area contributed by atoms with Crippen LogP contribution in [0.2, 0.25) is 0 Å². The van der Waals surface area contributed by atoms with Crippen LogP contribution in [0.5, 0.6) is 0 Å². The van der Waals surface area contributed by atoms with E-state index in [9.17, 15) is 0 Å². The smallest absolute Gasteiger partial charge is 0.161 e. The van der Waals surface area contributed by atoms with Gasteiger partial charge in [-0.1, -0.05) is 13.8 Å². The Morgan fingerprint density at radius 3 is 1.56 bits per heavy atom. The summed E-state index contributed by atoms with van der Waals surface area (Å²) in [6.45, 7) is 17.5. The van der Waals surface area contributed by atoms with E-state index in [0.29, 0.717) is 18.4 Å². The molecule has 2 unspecified atom stereocenters. The summed E-state index contributed by atoms with van der Waals surface area (Å²) in [4.78, 5) is 0. The van der Waals surface area contributed by atoms with E-state index >= 15 is 0 Å². The fraction of sp³-hybridized carbons (Fsp3) is 1.00. The minimum atomic E-state index is -0.202. The molecule has 2 N–H and O–H groups in total. The van der Waals surface area contributed by atoms with E-state index in [1.165, 1.54) is 0 Å². The molecule has 0 aromatic carbocycles. The molecule has 0 saturated carbocycles. The van der Waals surface area contributed by atoms with Gasteiger partial charge in [-0.15, -0.1) is 0 Å². The largest absolute Gasteiger partial charge is 0.347 e. The maximum absolute atomic E-state index is 6.08. The molecule has 18 heavy (non-hydrogen) atoms. The van der Waals surface area contributed by atoms with Crippen molar-refractivity contribution in [1.82, 2.24) is 0 Å². The summed E-state index contributed by atoms with van der Waals surface area (Å²) >= 11 is 0. The number of rotatable bonds is 6. The van der Waals surface area contributed by atoms with Crippen molar-refractivity contribution in [2.24, 2.45) is 17.6 Å². The molecule has 0 saturated heterocycles. The van der Waals surface area contributed by atoms with Gasteiger partial charge < -0.3 is 15.2 Å². The third kappa shape index (κ3) is 8.06. The van der Waals surface area contributed by atoms with Gasteiger partial charge in [0.1, 0.15) is 0 Å². The molecular formula is C15H33NO2. The summed E-state index contributed by atoms with van der Waals surface area (Å²) in [5.74, 6) is 0.816. The Labute approximate surface area is 113 Å². The monoisotopic (exact) mass is 259 g/mol. The van der Waals surface area contributed by atoms with Crippen LogP contribution in [0.3, 0.4) is 0 Å². The molecule has 0 aliphatic heterocycles. The average Bonchev–Trinajstić information content (AvgIpc) is 2.11. The van der Waals surface area contributed by atoms with Crippen LogP contribution in [0.4, 0.5) is 0 Å². The molecule has 0 heterocycles. The molecule has 0 aromatic rings. The van der Waals surface area contributed by atoms with Gasteiger partial charge >= 0.3 is 0 Å². The Morgan fingerprint density at radius 1 is 0.889 bits per heavy atom. The molecule has 0 bridgehead atoms. The highest BCUT2D eigenvalue weighted by Gasteiger charge is 2.31. The van der Waals surface area contributed by atoms with Crippen LogP contribution in [0.25, 0.3) is 0 Å². The lowest BCUT2D eigenvalue weighted by atomic mass is 9.91. The van der Waals surface area contributed by atoms with Gasteiger partial charge in [-0.05, 0) is 60.4 Å². The molecule has 2 atom stereocenters. The van der Waals surface area contributed by atoms with Crippen molar-refractivity contribution in [2.75, 3.05) is 6.54 Å². The lowest BCUT2D eigenvalue weighted by molar-refractivity contribution is -0.258. The van der Waals surface area contributed by atoms with Crippen molar-refractivity contribution in [1.29, 1.82) is 0 Å². The summed E-state index contributed by atoms with van der Waals surface area (Å²) in [7, 11) is 0. The number of hydrogen-bond donors (Lipinski definition) is 1. The number of hydrogen-bond acceptors (Lipinski definition) is 3. The lowest BCUT2D eigenvalue weighted by Crippen LogP contribution is -2.41. The third-order valence-corrected chi connectivity index (χ3v) is 2.89. The van der Waals surface area contributed by atoms with Crippen molar-refractivity contribution in [2.45, 2.75) is 79.3 Å². The normalized spacial score (nSPS) is 17.0. The summed E-state index contributed by atoms with van der Waals surface area (Å²) in [6, 6.07) is 0. The van der Waals surface area contributed by atoms with Crippen LogP contribution in [-0.2, 0) is 9.47 Å². The van der Waals surface area contributed by atoms with Crippen molar-refractivity contribution in [3.8, 4) is 0 Å². The zero-order chi connectivity index (χ0) is 14.6. The molecule has 0 spiro atoms. The Balaban J connectivity index is 4.74. The minimum Gasteiger partial charge on any atom is -0.347 e. The van der Waals surface area contributed by atoms with Crippen LogP contribution in [0.1, 0.15) is 61.8 Å². The molecule has 0 fully saturated rings. The Kier molecular flexibility index (Phi) is 6.83. The van der Waals surface area contributed by atoms with Crippen molar-refractivity contribution in [3.05, 3.63) is 0 Å². The number of ether oxygens (including phenoxy) is 2. The van der Waals surface area contributed by atoms with Gasteiger partial charge in [-0.2, -0.15) is 0 Å². The van der Waals surface area contributed by atoms with Gasteiger partial charge in [0.15, 0.2) is 6.29 Å². The molecule has 3 heteroatoms. The van der Waals surface area contributed by atoms with Gasteiger partial charge in [0.05, 0.1) is 11.2 Å². The van der Waals surface area contributed by atoms with Gasteiger partial charge in [-0.25, -0.2) is 0 Å². The third-order valence-electron chi connectivity index (χ3n) is 2.89. The SMILES string of the molecule is CC(CCN)C(C)C(OC(C)(C)C)OC(C)(C)C. The summed E-state index contributed by atoms with van der Waals surface area (Å²) in [5, 5.41) is 0. The molecule has 0 amide bonds. The van der Waals surface area contributed by atoms with E-state index in [2.05, 4.69) is 55.4 Å². The van der Waals surface area contributed by atoms with Crippen molar-refractivity contribution < 1.29 is 9.47 Å². The van der Waals surface area contributed by atoms with Crippen molar-refractivity contribution in [3.63, 3.8) is 0 Å². The van der Waals surface area contributed by atoms with Gasteiger partial charge in [0.2, 0.25) is 0 Å². The van der Waals surface area contributed by atoms with Gasteiger partial charge in [0.25, 0.3) is 0 Å². The summed E-state index contributed by atoms with van der Waals surface area (Å²) < 4.78 is 12.2. The van der Waals surface area contributed by atoms with E-state index in [-0.39, 0.29) is 17.5 Å². The second-order valence-corrected chi connectivity index (χ2v) is 7.24. The van der Waals surface area contributed by atoms with Crippen LogP contribution < -0.4 is 5.73 Å². The highest BCUT2D eigenvalue weighted by atomic mass is 16.7. The van der Waals surface area contributed by atoms with Gasteiger partial charge in [0, 0.05) is 5.92 Å². The first-order valence-corrected chi connectivity index (χ1v) is 7.02. The molecule has 110 valence electrons. The summed E-state index contributed by atoms with van der Waals surface area (Å²) in [6.07, 6.45) is 0.810. The second-order valence-electron chi connectivity index (χ2n) is 7.24. The van der Waals surface area contributed by atoms with Crippen LogP contribution in [0.15, 0.2) is 0 Å². The minimum absolute atomic E-state index is 0.188. The Morgan fingerprint density at radius 2 is 1.28 bits per heavy atom. The first-order chi connectivity index (χ1) is 7.96. The highest BCUT2D eigenvalue weighted by molar-refractivity contribution is 4.73. The zero-order valence-corrected chi connectivity index (χ0v) is 13.5.